The lowest BCUT2D eigenvalue weighted by Gasteiger charge is -2.35. The molecule has 3 aliphatic heterocycles. The summed E-state index contributed by atoms with van der Waals surface area (Å²) in [4.78, 5) is 30.5. The highest BCUT2D eigenvalue weighted by atomic mass is 16.7. The largest absolute Gasteiger partial charge is 0.454 e. The lowest BCUT2D eigenvalue weighted by Crippen LogP contribution is -2.49. The van der Waals surface area contributed by atoms with Crippen LogP contribution in [0.5, 0.6) is 11.5 Å². The third-order valence-electron chi connectivity index (χ3n) is 5.33. The zero-order valence-corrected chi connectivity index (χ0v) is 15.0. The number of carbonyl (C=O) groups is 2. The Balaban J connectivity index is 1.24. The maximum absolute atomic E-state index is 12.4. The summed E-state index contributed by atoms with van der Waals surface area (Å²) in [7, 11) is 0. The van der Waals surface area contributed by atoms with Crippen LogP contribution >= 0.6 is 0 Å². The predicted molar refractivity (Wildman–Crippen MR) is 94.9 cm³/mol. The van der Waals surface area contributed by atoms with Gasteiger partial charge in [-0.1, -0.05) is 6.07 Å². The number of fused-ring (bicyclic) bond motifs is 1. The topological polar surface area (TPSA) is 62.3 Å². The number of hydrogen-bond acceptors (Lipinski definition) is 5. The highest BCUT2D eigenvalue weighted by molar-refractivity contribution is 5.97. The minimum Gasteiger partial charge on any atom is -0.454 e. The van der Waals surface area contributed by atoms with Gasteiger partial charge >= 0.3 is 0 Å². The van der Waals surface area contributed by atoms with E-state index in [0.717, 1.165) is 57.1 Å². The number of nitrogens with zero attached hydrogens (tertiary/aromatic N) is 3. The summed E-state index contributed by atoms with van der Waals surface area (Å²) >= 11 is 0. The van der Waals surface area contributed by atoms with E-state index < -0.39 is 0 Å². The maximum Gasteiger partial charge on any atom is 0.232 e. The lowest BCUT2D eigenvalue weighted by molar-refractivity contribution is -0.141. The van der Waals surface area contributed by atoms with Crippen LogP contribution in [0.4, 0.5) is 0 Å². The summed E-state index contributed by atoms with van der Waals surface area (Å²) in [6.45, 7) is 5.70. The summed E-state index contributed by atoms with van der Waals surface area (Å²) in [6.07, 6.45) is 2.12. The van der Waals surface area contributed by atoms with E-state index in [0.29, 0.717) is 13.1 Å². The minimum atomic E-state index is -0.0374. The summed E-state index contributed by atoms with van der Waals surface area (Å²) < 4.78 is 10.8. The Labute approximate surface area is 153 Å². The van der Waals surface area contributed by atoms with Crippen molar-refractivity contribution in [1.29, 1.82) is 0 Å². The zero-order chi connectivity index (χ0) is 17.9. The normalized spacial score (nSPS) is 19.8. The van der Waals surface area contributed by atoms with Gasteiger partial charge in [-0.25, -0.2) is 0 Å². The van der Waals surface area contributed by atoms with Crippen molar-refractivity contribution in [2.24, 2.45) is 0 Å². The fourth-order valence-electron chi connectivity index (χ4n) is 3.77. The highest BCUT2D eigenvalue weighted by Gasteiger charge is 2.26. The van der Waals surface area contributed by atoms with Gasteiger partial charge in [-0.15, -0.1) is 0 Å². The van der Waals surface area contributed by atoms with Gasteiger partial charge in [0.1, 0.15) is 6.42 Å². The van der Waals surface area contributed by atoms with Crippen LogP contribution in [0.15, 0.2) is 18.2 Å². The molecule has 0 aromatic heterocycles. The van der Waals surface area contributed by atoms with E-state index in [2.05, 4.69) is 11.0 Å². The molecule has 0 saturated carbocycles. The first-order valence-electron chi connectivity index (χ1n) is 9.35. The molecule has 0 atom stereocenters. The van der Waals surface area contributed by atoms with Crippen LogP contribution in [0.3, 0.4) is 0 Å². The Bertz CT molecular complexity index is 679. The summed E-state index contributed by atoms with van der Waals surface area (Å²) in [5.74, 6) is 1.54. The second kappa shape index (κ2) is 7.53. The molecule has 7 heteroatoms. The summed E-state index contributed by atoms with van der Waals surface area (Å²) in [6, 6.07) is 6.02. The molecule has 0 radical (unpaired) electrons. The SMILES string of the molecule is O=C(CC(=O)N1CCN(Cc2ccc3c(c2)OCO3)CC1)N1CCCC1. The van der Waals surface area contributed by atoms with Crippen molar-refractivity contribution < 1.29 is 19.1 Å². The first-order valence-corrected chi connectivity index (χ1v) is 9.35. The summed E-state index contributed by atoms with van der Waals surface area (Å²) in [5, 5.41) is 0. The standard InChI is InChI=1S/C19H25N3O4/c23-18(21-5-1-2-6-21)12-19(24)22-9-7-20(8-10-22)13-15-3-4-16-17(11-15)26-14-25-16/h3-4,11H,1-2,5-10,12-14H2. The van der Waals surface area contributed by atoms with Gasteiger partial charge in [0.2, 0.25) is 18.6 Å². The van der Waals surface area contributed by atoms with Crippen molar-refractivity contribution in [2.75, 3.05) is 46.1 Å². The van der Waals surface area contributed by atoms with Crippen LogP contribution in [-0.4, -0.2) is 72.6 Å². The van der Waals surface area contributed by atoms with Crippen molar-refractivity contribution in [1.82, 2.24) is 14.7 Å². The molecule has 0 bridgehead atoms. The molecule has 2 amide bonds. The van der Waals surface area contributed by atoms with Crippen LogP contribution in [0.1, 0.15) is 24.8 Å². The van der Waals surface area contributed by atoms with Crippen molar-refractivity contribution in [3.63, 3.8) is 0 Å². The lowest BCUT2D eigenvalue weighted by atomic mass is 10.1. The summed E-state index contributed by atoms with van der Waals surface area (Å²) in [5.41, 5.74) is 1.18. The molecule has 1 aromatic rings. The molecule has 140 valence electrons. The maximum atomic E-state index is 12.4. The third-order valence-corrected chi connectivity index (χ3v) is 5.33. The first-order chi connectivity index (χ1) is 12.7. The average molecular weight is 359 g/mol. The van der Waals surface area contributed by atoms with Gasteiger partial charge in [-0.3, -0.25) is 14.5 Å². The molecule has 7 nitrogen and oxygen atoms in total. The molecule has 3 aliphatic rings. The van der Waals surface area contributed by atoms with Gasteiger partial charge in [0, 0.05) is 45.8 Å². The molecule has 0 aliphatic carbocycles. The molecular formula is C19H25N3O4. The van der Waals surface area contributed by atoms with E-state index in [-0.39, 0.29) is 25.0 Å². The molecule has 4 rings (SSSR count). The van der Waals surface area contributed by atoms with E-state index in [4.69, 9.17) is 9.47 Å². The molecule has 2 fully saturated rings. The second-order valence-corrected chi connectivity index (χ2v) is 7.11. The smallest absolute Gasteiger partial charge is 0.232 e. The Morgan fingerprint density at radius 3 is 2.23 bits per heavy atom. The van der Waals surface area contributed by atoms with Crippen LogP contribution in [0, 0.1) is 0 Å². The fraction of sp³-hybridized carbons (Fsp3) is 0.579. The number of piperazine rings is 1. The van der Waals surface area contributed by atoms with Gasteiger partial charge in [-0.2, -0.15) is 0 Å². The van der Waals surface area contributed by atoms with Gasteiger partial charge in [0.25, 0.3) is 0 Å². The molecule has 0 unspecified atom stereocenters. The van der Waals surface area contributed by atoms with Crippen LogP contribution < -0.4 is 9.47 Å². The fourth-order valence-corrected chi connectivity index (χ4v) is 3.77. The van der Waals surface area contributed by atoms with E-state index >= 15 is 0 Å². The molecule has 0 spiro atoms. The molecule has 1 aromatic carbocycles. The van der Waals surface area contributed by atoms with Crippen molar-refractivity contribution in [3.8, 4) is 11.5 Å². The number of ether oxygens (including phenoxy) is 2. The third kappa shape index (κ3) is 3.77. The average Bonchev–Trinajstić information content (AvgIpc) is 3.33. The van der Waals surface area contributed by atoms with Crippen LogP contribution in [-0.2, 0) is 16.1 Å². The Kier molecular flexibility index (Phi) is 4.97. The molecule has 0 N–H and O–H groups in total. The highest BCUT2D eigenvalue weighted by Crippen LogP contribution is 2.32. The molecule has 2 saturated heterocycles. The minimum absolute atomic E-state index is 0.0160. The monoisotopic (exact) mass is 359 g/mol. The van der Waals surface area contributed by atoms with E-state index in [1.54, 1.807) is 0 Å². The number of hydrogen-bond donors (Lipinski definition) is 0. The number of likely N-dealkylation sites (tertiary alicyclic amines) is 1. The van der Waals surface area contributed by atoms with E-state index in [1.807, 2.05) is 21.9 Å². The van der Waals surface area contributed by atoms with Gasteiger partial charge < -0.3 is 19.3 Å². The number of amides is 2. The van der Waals surface area contributed by atoms with Gasteiger partial charge in [0.15, 0.2) is 11.5 Å². The van der Waals surface area contributed by atoms with Crippen molar-refractivity contribution in [2.45, 2.75) is 25.8 Å². The van der Waals surface area contributed by atoms with Crippen molar-refractivity contribution >= 4 is 11.8 Å². The number of carbonyl (C=O) groups excluding carboxylic acids is 2. The number of rotatable bonds is 4. The van der Waals surface area contributed by atoms with E-state index in [9.17, 15) is 9.59 Å². The molecular weight excluding hydrogens is 334 g/mol. The van der Waals surface area contributed by atoms with Gasteiger partial charge in [-0.05, 0) is 30.5 Å². The molecule has 26 heavy (non-hydrogen) atoms. The molecule has 3 heterocycles. The van der Waals surface area contributed by atoms with Gasteiger partial charge in [0.05, 0.1) is 0 Å². The predicted octanol–water partition coefficient (Wildman–Crippen LogP) is 1.07. The second-order valence-electron chi connectivity index (χ2n) is 7.11. The Morgan fingerprint density at radius 2 is 1.50 bits per heavy atom. The quantitative estimate of drug-likeness (QED) is 0.753. The van der Waals surface area contributed by atoms with E-state index in [1.165, 1.54) is 5.56 Å². The first kappa shape index (κ1) is 17.1. The Hall–Kier alpha value is -2.28. The Morgan fingerprint density at radius 1 is 0.846 bits per heavy atom. The van der Waals surface area contributed by atoms with Crippen molar-refractivity contribution in [3.05, 3.63) is 23.8 Å². The van der Waals surface area contributed by atoms with Crippen LogP contribution in [0.2, 0.25) is 0 Å². The zero-order valence-electron chi connectivity index (χ0n) is 15.0. The number of benzene rings is 1. The van der Waals surface area contributed by atoms with Crippen LogP contribution in [0.25, 0.3) is 0 Å².